The third kappa shape index (κ3) is 5.87. The fourth-order valence-electron chi connectivity index (χ4n) is 6.80. The second-order valence-corrected chi connectivity index (χ2v) is 12.5. The predicted octanol–water partition coefficient (Wildman–Crippen LogP) is 12.1. The van der Waals surface area contributed by atoms with E-state index in [1.807, 2.05) is 54.7 Å². The molecule has 2 aromatic heterocycles. The lowest BCUT2D eigenvalue weighted by molar-refractivity contribution is 0.487. The van der Waals surface area contributed by atoms with E-state index in [0.717, 1.165) is 73.0 Å². The Bertz CT molecular complexity index is 2430. The first-order chi connectivity index (χ1) is 24.0. The fourth-order valence-corrected chi connectivity index (χ4v) is 6.80. The van der Waals surface area contributed by atoms with Crippen LogP contribution < -0.4 is 15.4 Å². The SMILES string of the molecule is Cc1cc(C)c(Nc2ccccc2Nc2cccc(Oc3cc(-c4ccccn4)cc4c5ccccc5n(-c5ccccc5)c34)c2)c(C)c1. The molecule has 0 radical (unpaired) electrons. The number of ether oxygens (including phenoxy) is 1. The molecule has 0 aliphatic rings. The van der Waals surface area contributed by atoms with Gasteiger partial charge in [0.25, 0.3) is 0 Å². The van der Waals surface area contributed by atoms with Crippen molar-refractivity contribution >= 4 is 44.6 Å². The van der Waals surface area contributed by atoms with Gasteiger partial charge in [0.05, 0.1) is 28.1 Å². The highest BCUT2D eigenvalue weighted by molar-refractivity contribution is 6.12. The van der Waals surface area contributed by atoms with Crippen molar-refractivity contribution in [2.24, 2.45) is 0 Å². The number of hydrogen-bond acceptors (Lipinski definition) is 4. The van der Waals surface area contributed by atoms with Crippen molar-refractivity contribution in [3.8, 4) is 28.4 Å². The lowest BCUT2D eigenvalue weighted by Gasteiger charge is -2.18. The van der Waals surface area contributed by atoms with Crippen molar-refractivity contribution in [2.75, 3.05) is 10.6 Å². The average Bonchev–Trinajstić information content (AvgIpc) is 3.46. The molecule has 0 amide bonds. The average molecular weight is 637 g/mol. The van der Waals surface area contributed by atoms with E-state index < -0.39 is 0 Å². The van der Waals surface area contributed by atoms with E-state index in [1.54, 1.807) is 0 Å². The normalized spacial score (nSPS) is 11.2. The van der Waals surface area contributed by atoms with Crippen molar-refractivity contribution in [3.05, 3.63) is 168 Å². The van der Waals surface area contributed by atoms with Crippen LogP contribution in [0.2, 0.25) is 0 Å². The maximum absolute atomic E-state index is 6.89. The Labute approximate surface area is 286 Å². The molecule has 0 saturated carbocycles. The van der Waals surface area contributed by atoms with Gasteiger partial charge in [0.1, 0.15) is 5.75 Å². The number of nitrogens with one attached hydrogen (secondary N) is 2. The maximum Gasteiger partial charge on any atom is 0.152 e. The second kappa shape index (κ2) is 12.7. The molecule has 8 aromatic rings. The molecule has 0 bridgehead atoms. The molecule has 5 nitrogen and oxygen atoms in total. The van der Waals surface area contributed by atoms with Crippen molar-refractivity contribution in [2.45, 2.75) is 20.8 Å². The number of benzene rings is 6. The topological polar surface area (TPSA) is 51.1 Å². The Hall–Kier alpha value is -6.33. The summed E-state index contributed by atoms with van der Waals surface area (Å²) >= 11 is 0. The molecule has 0 atom stereocenters. The van der Waals surface area contributed by atoms with Gasteiger partial charge < -0.3 is 19.9 Å². The van der Waals surface area contributed by atoms with E-state index in [2.05, 4.69) is 138 Å². The largest absolute Gasteiger partial charge is 0.455 e. The van der Waals surface area contributed by atoms with Crippen molar-refractivity contribution < 1.29 is 4.74 Å². The lowest BCUT2D eigenvalue weighted by atomic mass is 10.0. The second-order valence-electron chi connectivity index (χ2n) is 12.5. The molecule has 2 N–H and O–H groups in total. The van der Waals surface area contributed by atoms with Crippen LogP contribution in [0.5, 0.6) is 11.5 Å². The van der Waals surface area contributed by atoms with Crippen LogP contribution >= 0.6 is 0 Å². The number of pyridine rings is 1. The summed E-state index contributed by atoms with van der Waals surface area (Å²) in [6.45, 7) is 6.43. The van der Waals surface area contributed by atoms with Crippen LogP contribution in [0.1, 0.15) is 16.7 Å². The van der Waals surface area contributed by atoms with Gasteiger partial charge in [0, 0.05) is 45.7 Å². The molecule has 0 fully saturated rings. The molecule has 0 spiro atoms. The van der Waals surface area contributed by atoms with Crippen molar-refractivity contribution in [1.82, 2.24) is 9.55 Å². The van der Waals surface area contributed by atoms with Gasteiger partial charge in [0.15, 0.2) is 5.75 Å². The van der Waals surface area contributed by atoms with Crippen LogP contribution in [0.25, 0.3) is 38.8 Å². The minimum absolute atomic E-state index is 0.727. The monoisotopic (exact) mass is 636 g/mol. The number of para-hydroxylation sites is 4. The van der Waals surface area contributed by atoms with Crippen LogP contribution in [-0.2, 0) is 0 Å². The summed E-state index contributed by atoms with van der Waals surface area (Å²) in [4.78, 5) is 4.68. The first kappa shape index (κ1) is 30.0. The van der Waals surface area contributed by atoms with Crippen LogP contribution in [0.4, 0.5) is 22.7 Å². The number of nitrogens with zero attached hydrogens (tertiary/aromatic N) is 2. The first-order valence-corrected chi connectivity index (χ1v) is 16.5. The summed E-state index contributed by atoms with van der Waals surface area (Å²) in [7, 11) is 0. The van der Waals surface area contributed by atoms with Crippen LogP contribution in [0, 0.1) is 20.8 Å². The molecule has 0 aliphatic heterocycles. The summed E-state index contributed by atoms with van der Waals surface area (Å²) in [6.07, 6.45) is 1.83. The summed E-state index contributed by atoms with van der Waals surface area (Å²) in [5, 5.41) is 9.59. The predicted molar refractivity (Wildman–Crippen MR) is 204 cm³/mol. The van der Waals surface area contributed by atoms with Crippen molar-refractivity contribution in [1.29, 1.82) is 0 Å². The summed E-state index contributed by atoms with van der Waals surface area (Å²) in [5.74, 6) is 1.48. The number of aromatic nitrogens is 2. The van der Waals surface area contributed by atoms with Gasteiger partial charge in [-0.15, -0.1) is 0 Å². The van der Waals surface area contributed by atoms with Gasteiger partial charge in [-0.05, 0) is 98.6 Å². The highest BCUT2D eigenvalue weighted by atomic mass is 16.5. The number of hydrogen-bond donors (Lipinski definition) is 2. The van der Waals surface area contributed by atoms with E-state index in [9.17, 15) is 0 Å². The van der Waals surface area contributed by atoms with E-state index in [0.29, 0.717) is 0 Å². The zero-order valence-corrected chi connectivity index (χ0v) is 27.7. The lowest BCUT2D eigenvalue weighted by Crippen LogP contribution is -2.01. The number of fused-ring (bicyclic) bond motifs is 3. The molecule has 49 heavy (non-hydrogen) atoms. The minimum Gasteiger partial charge on any atom is -0.455 e. The Kier molecular flexibility index (Phi) is 7.78. The smallest absolute Gasteiger partial charge is 0.152 e. The van der Waals surface area contributed by atoms with Gasteiger partial charge in [-0.25, -0.2) is 0 Å². The van der Waals surface area contributed by atoms with Crippen molar-refractivity contribution in [3.63, 3.8) is 0 Å². The van der Waals surface area contributed by atoms with E-state index in [4.69, 9.17) is 4.74 Å². The molecule has 6 aromatic carbocycles. The third-order valence-corrected chi connectivity index (χ3v) is 8.91. The van der Waals surface area contributed by atoms with E-state index in [-0.39, 0.29) is 0 Å². The molecule has 0 saturated heterocycles. The zero-order valence-electron chi connectivity index (χ0n) is 27.7. The highest BCUT2D eigenvalue weighted by Crippen LogP contribution is 2.42. The van der Waals surface area contributed by atoms with Gasteiger partial charge in [-0.3, -0.25) is 4.98 Å². The first-order valence-electron chi connectivity index (χ1n) is 16.5. The van der Waals surface area contributed by atoms with E-state index in [1.165, 1.54) is 16.7 Å². The molecule has 5 heteroatoms. The number of anilines is 4. The Morgan fingerprint density at radius 3 is 2.08 bits per heavy atom. The molecule has 8 rings (SSSR count). The zero-order chi connectivity index (χ0) is 33.3. The molecule has 238 valence electrons. The quantitative estimate of drug-likeness (QED) is 0.174. The van der Waals surface area contributed by atoms with Gasteiger partial charge in [-0.2, -0.15) is 0 Å². The maximum atomic E-state index is 6.89. The Morgan fingerprint density at radius 1 is 0.592 bits per heavy atom. The Balaban J connectivity index is 1.21. The third-order valence-electron chi connectivity index (χ3n) is 8.91. The molecule has 0 unspecified atom stereocenters. The van der Waals surface area contributed by atoms with Gasteiger partial charge >= 0.3 is 0 Å². The minimum atomic E-state index is 0.727. The van der Waals surface area contributed by atoms with Gasteiger partial charge in [-0.1, -0.05) is 78.4 Å². The number of aryl methyl sites for hydroxylation is 3. The summed E-state index contributed by atoms with van der Waals surface area (Å²) < 4.78 is 9.18. The van der Waals surface area contributed by atoms with E-state index >= 15 is 0 Å². The van der Waals surface area contributed by atoms with Crippen LogP contribution in [0.15, 0.2) is 152 Å². The summed E-state index contributed by atoms with van der Waals surface area (Å²) in [5.41, 5.74) is 12.8. The molecule has 0 aliphatic carbocycles. The molecular weight excluding hydrogens is 601 g/mol. The highest BCUT2D eigenvalue weighted by Gasteiger charge is 2.19. The standard InChI is InChI=1S/C44H36N4O/c1-29-24-30(2)43(31(3)25-29)47-40-21-9-8-20-39(40)46-33-14-13-17-35(28-33)49-42-27-32(38-19-11-12-23-45-38)26-37-36-18-7-10-22-41(36)48(44(37)42)34-15-5-4-6-16-34/h4-28,46-47H,1-3H3. The number of rotatable bonds is 8. The van der Waals surface area contributed by atoms with Crippen LogP contribution in [0.3, 0.4) is 0 Å². The summed E-state index contributed by atoms with van der Waals surface area (Å²) in [6, 6.07) is 50.2. The van der Waals surface area contributed by atoms with Crippen LogP contribution in [-0.4, -0.2) is 9.55 Å². The van der Waals surface area contributed by atoms with Gasteiger partial charge in [0.2, 0.25) is 0 Å². The molecular formula is C44H36N4O. The molecule has 2 heterocycles. The fraction of sp³-hybridized carbons (Fsp3) is 0.0682. The Morgan fingerprint density at radius 2 is 1.31 bits per heavy atom.